The molecule has 31 heavy (non-hydrogen) atoms. The summed E-state index contributed by atoms with van der Waals surface area (Å²) in [5.74, 6) is 0.541. The lowest BCUT2D eigenvalue weighted by Crippen LogP contribution is -2.48. The van der Waals surface area contributed by atoms with Crippen LogP contribution in [0, 0.1) is 0 Å². The van der Waals surface area contributed by atoms with Crippen LogP contribution in [0.15, 0.2) is 65.4 Å². The molecule has 3 heterocycles. The molecule has 8 heteroatoms. The van der Waals surface area contributed by atoms with Crippen LogP contribution in [0.4, 0.5) is 10.5 Å². The Hall–Kier alpha value is -3.81. The van der Waals surface area contributed by atoms with Gasteiger partial charge in [-0.25, -0.2) is 14.6 Å². The summed E-state index contributed by atoms with van der Waals surface area (Å²) in [7, 11) is 0. The third kappa shape index (κ3) is 3.96. The summed E-state index contributed by atoms with van der Waals surface area (Å²) in [6, 6.07) is 15.0. The third-order valence-electron chi connectivity index (χ3n) is 5.50. The summed E-state index contributed by atoms with van der Waals surface area (Å²) in [5.41, 5.74) is 2.82. The van der Waals surface area contributed by atoms with Crippen molar-refractivity contribution in [3.8, 4) is 5.75 Å². The van der Waals surface area contributed by atoms with Crippen molar-refractivity contribution in [3.63, 3.8) is 0 Å². The Morgan fingerprint density at radius 3 is 2.65 bits per heavy atom. The van der Waals surface area contributed by atoms with Gasteiger partial charge in [0.25, 0.3) is 0 Å². The quantitative estimate of drug-likeness (QED) is 0.612. The Labute approximate surface area is 179 Å². The molecule has 3 aliphatic heterocycles. The van der Waals surface area contributed by atoms with E-state index >= 15 is 0 Å². The van der Waals surface area contributed by atoms with Crippen LogP contribution in [0.1, 0.15) is 11.1 Å². The highest BCUT2D eigenvalue weighted by Gasteiger charge is 2.30. The molecular formula is C23H22N4O4. The lowest BCUT2D eigenvalue weighted by atomic mass is 10.1. The fourth-order valence-corrected chi connectivity index (χ4v) is 3.85. The molecule has 0 saturated carbocycles. The molecule has 0 bridgehead atoms. The molecule has 0 radical (unpaired) electrons. The number of hydrogen-bond acceptors (Lipinski definition) is 6. The number of ether oxygens (including phenoxy) is 2. The minimum atomic E-state index is -0.477. The van der Waals surface area contributed by atoms with Crippen LogP contribution in [-0.4, -0.2) is 60.5 Å². The van der Waals surface area contributed by atoms with Gasteiger partial charge in [-0.05, 0) is 23.8 Å². The van der Waals surface area contributed by atoms with Crippen LogP contribution in [0.2, 0.25) is 0 Å². The molecule has 1 saturated heterocycles. The van der Waals surface area contributed by atoms with Gasteiger partial charge in [0.2, 0.25) is 5.90 Å². The summed E-state index contributed by atoms with van der Waals surface area (Å²) >= 11 is 0. The van der Waals surface area contributed by atoms with Crippen molar-refractivity contribution >= 4 is 23.6 Å². The van der Waals surface area contributed by atoms with Crippen molar-refractivity contribution in [1.29, 1.82) is 0 Å². The number of nitrogens with zero attached hydrogens (tertiary/aromatic N) is 3. The highest BCUT2D eigenvalue weighted by Crippen LogP contribution is 2.32. The Morgan fingerprint density at radius 1 is 1.03 bits per heavy atom. The van der Waals surface area contributed by atoms with E-state index in [1.54, 1.807) is 11.1 Å². The zero-order valence-corrected chi connectivity index (χ0v) is 16.9. The van der Waals surface area contributed by atoms with Crippen molar-refractivity contribution in [2.75, 3.05) is 38.1 Å². The van der Waals surface area contributed by atoms with Crippen molar-refractivity contribution in [2.24, 2.45) is 4.99 Å². The maximum Gasteiger partial charge on any atom is 0.365 e. The van der Waals surface area contributed by atoms with Gasteiger partial charge < -0.3 is 24.6 Å². The van der Waals surface area contributed by atoms with Gasteiger partial charge in [0.15, 0.2) is 5.70 Å². The number of cyclic esters (lactones) is 1. The first-order chi connectivity index (χ1) is 15.2. The number of esters is 1. The number of aliphatic imine (C=N–C) groups is 1. The number of rotatable bonds is 3. The minimum Gasteiger partial charge on any atom is -0.492 e. The van der Waals surface area contributed by atoms with Crippen LogP contribution in [0.25, 0.3) is 0 Å². The number of hydrogen-bond donors (Lipinski definition) is 1. The molecule has 1 fully saturated rings. The number of fused-ring (bicyclic) bond motifs is 1. The highest BCUT2D eigenvalue weighted by atomic mass is 16.6. The largest absolute Gasteiger partial charge is 0.492 e. The van der Waals surface area contributed by atoms with E-state index in [0.717, 1.165) is 23.4 Å². The number of piperazine rings is 1. The molecule has 1 N–H and O–H groups in total. The van der Waals surface area contributed by atoms with E-state index in [-0.39, 0.29) is 17.6 Å². The topological polar surface area (TPSA) is 83.5 Å². The number of benzene rings is 2. The van der Waals surface area contributed by atoms with Gasteiger partial charge in [-0.3, -0.25) is 0 Å². The van der Waals surface area contributed by atoms with E-state index in [9.17, 15) is 9.59 Å². The van der Waals surface area contributed by atoms with Crippen molar-refractivity contribution in [1.82, 2.24) is 9.80 Å². The molecule has 0 unspecified atom stereocenters. The van der Waals surface area contributed by atoms with Crippen LogP contribution < -0.4 is 10.1 Å². The number of anilines is 1. The SMILES string of the molecule is O=C1OC(c2cccc3c2OCC3)=N/C1=C/N1CCN(C(=O)Nc2ccccc2)CC1. The second kappa shape index (κ2) is 8.14. The van der Waals surface area contributed by atoms with Crippen molar-refractivity contribution in [2.45, 2.75) is 6.42 Å². The Morgan fingerprint density at radius 2 is 1.84 bits per heavy atom. The fraction of sp³-hybridized carbons (Fsp3) is 0.261. The Balaban J connectivity index is 1.23. The first-order valence-corrected chi connectivity index (χ1v) is 10.3. The lowest BCUT2D eigenvalue weighted by Gasteiger charge is -2.34. The third-order valence-corrected chi connectivity index (χ3v) is 5.50. The zero-order chi connectivity index (χ0) is 21.2. The fourth-order valence-electron chi connectivity index (χ4n) is 3.85. The maximum absolute atomic E-state index is 12.4. The van der Waals surface area contributed by atoms with Crippen molar-refractivity contribution in [3.05, 3.63) is 71.6 Å². The molecule has 2 aromatic carbocycles. The lowest BCUT2D eigenvalue weighted by molar-refractivity contribution is -0.130. The van der Waals surface area contributed by atoms with E-state index in [1.165, 1.54) is 0 Å². The Kier molecular flexibility index (Phi) is 5.03. The van der Waals surface area contributed by atoms with Gasteiger partial charge in [-0.2, -0.15) is 0 Å². The van der Waals surface area contributed by atoms with E-state index in [4.69, 9.17) is 9.47 Å². The predicted octanol–water partition coefficient (Wildman–Crippen LogP) is 2.62. The molecule has 0 aromatic heterocycles. The average molecular weight is 418 g/mol. The number of urea groups is 1. The second-order valence-electron chi connectivity index (χ2n) is 7.53. The van der Waals surface area contributed by atoms with E-state index in [0.29, 0.717) is 38.3 Å². The van der Waals surface area contributed by atoms with Gasteiger partial charge >= 0.3 is 12.0 Å². The highest BCUT2D eigenvalue weighted by molar-refractivity contribution is 6.12. The van der Waals surface area contributed by atoms with E-state index < -0.39 is 5.97 Å². The van der Waals surface area contributed by atoms with Gasteiger partial charge in [0.1, 0.15) is 5.75 Å². The number of nitrogens with one attached hydrogen (secondary N) is 1. The average Bonchev–Trinajstić information content (AvgIpc) is 3.41. The van der Waals surface area contributed by atoms with Gasteiger partial charge in [-0.1, -0.05) is 30.3 Å². The molecular weight excluding hydrogens is 396 g/mol. The maximum atomic E-state index is 12.4. The smallest absolute Gasteiger partial charge is 0.365 e. The summed E-state index contributed by atoms with van der Waals surface area (Å²) in [6.07, 6.45) is 2.56. The molecule has 3 aliphatic rings. The van der Waals surface area contributed by atoms with E-state index in [2.05, 4.69) is 10.3 Å². The predicted molar refractivity (Wildman–Crippen MR) is 115 cm³/mol. The molecule has 2 aromatic rings. The standard InChI is InChI=1S/C23H22N4O4/c28-22-19(25-21(31-22)18-8-4-5-16-9-14-30-20(16)18)15-26-10-12-27(13-11-26)23(29)24-17-6-2-1-3-7-17/h1-8,15H,9-14H2,(H,24,29)/b19-15+. The minimum absolute atomic E-state index is 0.128. The van der Waals surface area contributed by atoms with Crippen LogP contribution in [0.3, 0.4) is 0 Å². The number of carbonyl (C=O) groups excluding carboxylic acids is 2. The monoisotopic (exact) mass is 418 g/mol. The van der Waals surface area contributed by atoms with Crippen molar-refractivity contribution < 1.29 is 19.1 Å². The summed E-state index contributed by atoms with van der Waals surface area (Å²) in [5, 5.41) is 2.90. The molecule has 8 nitrogen and oxygen atoms in total. The number of para-hydroxylation sites is 2. The summed E-state index contributed by atoms with van der Waals surface area (Å²) in [4.78, 5) is 33.0. The Bertz CT molecular complexity index is 1070. The van der Waals surface area contributed by atoms with Crippen LogP contribution in [0.5, 0.6) is 5.75 Å². The first-order valence-electron chi connectivity index (χ1n) is 10.3. The zero-order valence-electron chi connectivity index (χ0n) is 16.9. The number of carbonyl (C=O) groups is 2. The summed E-state index contributed by atoms with van der Waals surface area (Å²) in [6.45, 7) is 2.93. The number of amides is 2. The summed E-state index contributed by atoms with van der Waals surface area (Å²) < 4.78 is 11.1. The molecule has 158 valence electrons. The molecule has 5 rings (SSSR count). The van der Waals surface area contributed by atoms with Gasteiger partial charge in [0.05, 0.1) is 12.2 Å². The second-order valence-corrected chi connectivity index (χ2v) is 7.53. The molecule has 0 atom stereocenters. The molecule has 2 amide bonds. The van der Waals surface area contributed by atoms with Crippen LogP contribution in [-0.2, 0) is 16.0 Å². The van der Waals surface area contributed by atoms with Gasteiger partial charge in [0, 0.05) is 44.5 Å². The van der Waals surface area contributed by atoms with E-state index in [1.807, 2.05) is 53.4 Å². The molecule has 0 spiro atoms. The van der Waals surface area contributed by atoms with Crippen LogP contribution >= 0.6 is 0 Å². The first kappa shape index (κ1) is 19.2. The van der Waals surface area contributed by atoms with Gasteiger partial charge in [-0.15, -0.1) is 0 Å². The molecule has 0 aliphatic carbocycles. The normalized spacial score (nSPS) is 19.0.